The Morgan fingerprint density at radius 3 is 2.09 bits per heavy atom. The molecule has 2 amide bonds. The topological polar surface area (TPSA) is 91.8 Å². The van der Waals surface area contributed by atoms with Gasteiger partial charge in [0.25, 0.3) is 0 Å². The van der Waals surface area contributed by atoms with Gasteiger partial charge in [0.05, 0.1) is 17.3 Å². The van der Waals surface area contributed by atoms with Crippen LogP contribution in [0.4, 0.5) is 0 Å². The van der Waals surface area contributed by atoms with Gasteiger partial charge in [-0.1, -0.05) is 90.5 Å². The van der Waals surface area contributed by atoms with Crippen molar-refractivity contribution in [3.8, 4) is 5.75 Å². The van der Waals surface area contributed by atoms with Crippen LogP contribution in [-0.4, -0.2) is 38.9 Å². The number of likely N-dealkylation sites (tertiary alicyclic amines) is 1. The van der Waals surface area contributed by atoms with Gasteiger partial charge < -0.3 is 5.11 Å². The largest absolute Gasteiger partial charge is 0.508 e. The number of carbonyl (C=O) groups is 4. The molecule has 0 aromatic heterocycles. The van der Waals surface area contributed by atoms with Crippen molar-refractivity contribution < 1.29 is 24.3 Å². The molecule has 3 aromatic carbocycles. The third-order valence-electron chi connectivity index (χ3n) is 10.3. The molecule has 7 rings (SSSR count). The molecule has 6 heteroatoms. The molecule has 0 radical (unpaired) electrons. The summed E-state index contributed by atoms with van der Waals surface area (Å²) in [4.78, 5) is 59.0. The lowest BCUT2D eigenvalue weighted by atomic mass is 9.44. The minimum absolute atomic E-state index is 0.0263. The van der Waals surface area contributed by atoms with Gasteiger partial charge in [-0.2, -0.15) is 0 Å². The summed E-state index contributed by atoms with van der Waals surface area (Å²) in [6, 6.07) is 25.6. The number of benzene rings is 3. The van der Waals surface area contributed by atoms with E-state index in [4.69, 9.17) is 0 Å². The fourth-order valence-electron chi connectivity index (χ4n) is 8.61. The molecule has 1 heterocycles. The Balaban J connectivity index is 1.51. The van der Waals surface area contributed by atoms with E-state index >= 15 is 0 Å². The molecular weight excluding hydrogens is 550 g/mol. The van der Waals surface area contributed by atoms with E-state index in [0.717, 1.165) is 5.57 Å². The van der Waals surface area contributed by atoms with Crippen LogP contribution in [0.25, 0.3) is 5.57 Å². The first-order chi connectivity index (χ1) is 21.1. The molecular formula is C38H35NO5. The molecule has 6 atom stereocenters. The number of nitrogens with zero attached hydrogens (tertiary/aromatic N) is 1. The van der Waals surface area contributed by atoms with E-state index in [1.54, 1.807) is 12.1 Å². The smallest absolute Gasteiger partial charge is 0.234 e. The van der Waals surface area contributed by atoms with Gasteiger partial charge in [-0.25, -0.2) is 0 Å². The highest BCUT2D eigenvalue weighted by Crippen LogP contribution is 2.64. The number of fused-ring (bicyclic) bond motifs is 4. The number of amides is 2. The number of phenolic OH excluding ortho intramolecular Hbond substituents is 1. The monoisotopic (exact) mass is 585 g/mol. The molecule has 2 fully saturated rings. The average Bonchev–Trinajstić information content (AvgIpc) is 3.29. The molecule has 1 saturated heterocycles. The number of Topliss-reactive ketones (excluding diaryl/α,β-unsaturated/α-hetero) is 1. The maximum absolute atomic E-state index is 14.9. The highest BCUT2D eigenvalue weighted by atomic mass is 16.3. The standard InChI is InChI=1S/C38H35NO5/c1-37(2,3)39-35(43)26-19-18-24-28(32(26)36(39)44)20-29-34(42)27(22-12-6-4-7-13-22)21-31(41)38(29,23-14-8-5-9-15-23)33(24)25-16-10-11-17-30(25)40/h4-18,21,26,28-29,32-33,40H,19-20H2,1-3H3. The normalized spacial score (nSPS) is 29.9. The van der Waals surface area contributed by atoms with Crippen LogP contribution in [0.5, 0.6) is 5.75 Å². The zero-order chi connectivity index (χ0) is 31.0. The van der Waals surface area contributed by atoms with Gasteiger partial charge in [-0.3, -0.25) is 24.1 Å². The first-order valence-electron chi connectivity index (χ1n) is 15.3. The number of phenols is 1. The molecule has 6 nitrogen and oxygen atoms in total. The molecule has 1 N–H and O–H groups in total. The predicted molar refractivity (Wildman–Crippen MR) is 166 cm³/mol. The molecule has 3 aliphatic carbocycles. The van der Waals surface area contributed by atoms with E-state index in [-0.39, 0.29) is 35.6 Å². The molecule has 4 aliphatic rings. The van der Waals surface area contributed by atoms with E-state index in [9.17, 15) is 24.3 Å². The Labute approximate surface area is 257 Å². The summed E-state index contributed by atoms with van der Waals surface area (Å²) in [6.45, 7) is 5.59. The Bertz CT molecular complexity index is 1770. The van der Waals surface area contributed by atoms with E-state index in [1.165, 1.54) is 11.0 Å². The van der Waals surface area contributed by atoms with E-state index in [1.807, 2.05) is 99.6 Å². The van der Waals surface area contributed by atoms with Gasteiger partial charge in [-0.05, 0) is 62.8 Å². The minimum Gasteiger partial charge on any atom is -0.508 e. The molecule has 6 unspecified atom stereocenters. The van der Waals surface area contributed by atoms with Crippen LogP contribution in [-0.2, 0) is 24.6 Å². The Morgan fingerprint density at radius 1 is 0.795 bits per heavy atom. The number of carbonyl (C=O) groups excluding carboxylic acids is 4. The summed E-state index contributed by atoms with van der Waals surface area (Å²) in [5.74, 6) is -3.90. The van der Waals surface area contributed by atoms with Gasteiger partial charge in [0.2, 0.25) is 11.8 Å². The lowest BCUT2D eigenvalue weighted by molar-refractivity contribution is -0.145. The number of imide groups is 1. The van der Waals surface area contributed by atoms with Crippen molar-refractivity contribution in [2.75, 3.05) is 0 Å². The van der Waals surface area contributed by atoms with Crippen LogP contribution in [0.15, 0.2) is 103 Å². The van der Waals surface area contributed by atoms with E-state index < -0.39 is 40.5 Å². The Kier molecular flexibility index (Phi) is 6.40. The molecule has 0 bridgehead atoms. The molecule has 3 aromatic rings. The number of hydrogen-bond acceptors (Lipinski definition) is 5. The highest BCUT2D eigenvalue weighted by molar-refractivity contribution is 6.31. The molecule has 222 valence electrons. The summed E-state index contributed by atoms with van der Waals surface area (Å²) in [5, 5.41) is 11.3. The number of hydrogen-bond donors (Lipinski definition) is 1. The quantitative estimate of drug-likeness (QED) is 0.300. The van der Waals surface area contributed by atoms with E-state index in [2.05, 4.69) is 0 Å². The third kappa shape index (κ3) is 3.86. The van der Waals surface area contributed by atoms with Crippen molar-refractivity contribution in [3.05, 3.63) is 119 Å². The van der Waals surface area contributed by atoms with Crippen molar-refractivity contribution in [3.63, 3.8) is 0 Å². The van der Waals surface area contributed by atoms with Gasteiger partial charge in [-0.15, -0.1) is 0 Å². The summed E-state index contributed by atoms with van der Waals surface area (Å²) >= 11 is 0. The molecule has 1 saturated carbocycles. The van der Waals surface area contributed by atoms with Gasteiger partial charge >= 0.3 is 0 Å². The van der Waals surface area contributed by atoms with Crippen LogP contribution >= 0.6 is 0 Å². The van der Waals surface area contributed by atoms with Crippen molar-refractivity contribution >= 4 is 29.0 Å². The third-order valence-corrected chi connectivity index (χ3v) is 10.3. The minimum atomic E-state index is -1.35. The number of allylic oxidation sites excluding steroid dienone is 4. The second-order valence-corrected chi connectivity index (χ2v) is 13.5. The van der Waals surface area contributed by atoms with E-state index in [0.29, 0.717) is 28.7 Å². The molecule has 0 spiro atoms. The first kappa shape index (κ1) is 28.2. The number of rotatable bonds is 3. The summed E-state index contributed by atoms with van der Waals surface area (Å²) in [7, 11) is 0. The summed E-state index contributed by atoms with van der Waals surface area (Å²) in [6.07, 6.45) is 4.12. The van der Waals surface area contributed by atoms with Gasteiger partial charge in [0.1, 0.15) is 5.75 Å². The summed E-state index contributed by atoms with van der Waals surface area (Å²) in [5.41, 5.74) is 1.08. The van der Waals surface area contributed by atoms with Crippen molar-refractivity contribution in [1.29, 1.82) is 0 Å². The molecule has 1 aliphatic heterocycles. The van der Waals surface area contributed by atoms with Crippen LogP contribution < -0.4 is 0 Å². The lowest BCUT2D eigenvalue weighted by Gasteiger charge is -2.55. The Morgan fingerprint density at radius 2 is 1.43 bits per heavy atom. The first-order valence-corrected chi connectivity index (χ1v) is 15.3. The zero-order valence-corrected chi connectivity index (χ0v) is 25.1. The number of para-hydroxylation sites is 1. The second-order valence-electron chi connectivity index (χ2n) is 13.5. The lowest BCUT2D eigenvalue weighted by Crippen LogP contribution is -2.59. The fraction of sp³-hybridized carbons (Fsp3) is 0.316. The van der Waals surface area contributed by atoms with Gasteiger partial charge in [0, 0.05) is 28.5 Å². The fourth-order valence-corrected chi connectivity index (χ4v) is 8.61. The predicted octanol–water partition coefficient (Wildman–Crippen LogP) is 6.02. The van der Waals surface area contributed by atoms with Crippen molar-refractivity contribution in [2.45, 2.75) is 50.5 Å². The average molecular weight is 586 g/mol. The maximum Gasteiger partial charge on any atom is 0.234 e. The van der Waals surface area contributed by atoms with Crippen LogP contribution in [0.1, 0.15) is 56.2 Å². The SMILES string of the molecule is CC(C)(C)N1C(=O)C2CC=C3C(CC4C(=O)C(c5ccccc5)=CC(=O)C4(c4ccccc4)C3c3ccccc3O)C2C1=O. The number of aromatic hydroxyl groups is 1. The van der Waals surface area contributed by atoms with Crippen LogP contribution in [0.3, 0.4) is 0 Å². The summed E-state index contributed by atoms with van der Waals surface area (Å²) < 4.78 is 0. The molecule has 44 heavy (non-hydrogen) atoms. The van der Waals surface area contributed by atoms with Crippen LogP contribution in [0, 0.1) is 23.7 Å². The second kappa shape index (κ2) is 9.98. The van der Waals surface area contributed by atoms with Crippen LogP contribution in [0.2, 0.25) is 0 Å². The Hall–Kier alpha value is -4.58. The van der Waals surface area contributed by atoms with Crippen molar-refractivity contribution in [2.24, 2.45) is 23.7 Å². The van der Waals surface area contributed by atoms with Gasteiger partial charge in [0.15, 0.2) is 11.6 Å². The van der Waals surface area contributed by atoms with Crippen molar-refractivity contribution in [1.82, 2.24) is 4.90 Å². The number of ketones is 2. The zero-order valence-electron chi connectivity index (χ0n) is 25.1. The highest BCUT2D eigenvalue weighted by Gasteiger charge is 2.66. The maximum atomic E-state index is 14.9.